The van der Waals surface area contributed by atoms with E-state index in [9.17, 15) is 13.2 Å². The lowest BCUT2D eigenvalue weighted by atomic mass is 10.1. The molecule has 0 radical (unpaired) electrons. The summed E-state index contributed by atoms with van der Waals surface area (Å²) in [5, 5.41) is 0.213. The molecule has 0 atom stereocenters. The van der Waals surface area contributed by atoms with Crippen LogP contribution in [0.1, 0.15) is 15.9 Å². The largest absolute Gasteiger partial charge is 0.368 e. The Labute approximate surface area is 193 Å². The molecule has 6 nitrogen and oxygen atoms in total. The zero-order chi connectivity index (χ0) is 22.7. The molecule has 0 spiro atoms. The van der Waals surface area contributed by atoms with E-state index in [1.54, 1.807) is 41.3 Å². The van der Waals surface area contributed by atoms with Crippen molar-refractivity contribution in [2.75, 3.05) is 35.8 Å². The SMILES string of the molecule is Cc1ccc(S(=O)(=O)Nc2ccc(C(=O)N3CCN(c4ccccc4)CC3)c(Cl)c2)cc1. The first-order valence-corrected chi connectivity index (χ1v) is 12.2. The van der Waals surface area contributed by atoms with Gasteiger partial charge < -0.3 is 9.80 Å². The fourth-order valence-electron chi connectivity index (χ4n) is 3.66. The first-order chi connectivity index (χ1) is 15.3. The van der Waals surface area contributed by atoms with Gasteiger partial charge in [-0.3, -0.25) is 9.52 Å². The van der Waals surface area contributed by atoms with Crippen LogP contribution in [-0.2, 0) is 10.0 Å². The Morgan fingerprint density at radius 1 is 0.906 bits per heavy atom. The number of piperazine rings is 1. The molecule has 1 aliphatic rings. The number of carbonyl (C=O) groups is 1. The van der Waals surface area contributed by atoms with Crippen LogP contribution in [0.5, 0.6) is 0 Å². The molecule has 1 heterocycles. The second kappa shape index (κ2) is 9.22. The van der Waals surface area contributed by atoms with E-state index in [1.165, 1.54) is 6.07 Å². The van der Waals surface area contributed by atoms with E-state index in [0.29, 0.717) is 24.3 Å². The number of nitrogens with one attached hydrogen (secondary N) is 1. The van der Waals surface area contributed by atoms with Crippen LogP contribution in [-0.4, -0.2) is 45.4 Å². The molecule has 0 aromatic heterocycles. The number of rotatable bonds is 5. The van der Waals surface area contributed by atoms with Crippen LogP contribution in [0.25, 0.3) is 0 Å². The van der Waals surface area contributed by atoms with Gasteiger partial charge in [0.2, 0.25) is 0 Å². The van der Waals surface area contributed by atoms with Gasteiger partial charge in [-0.25, -0.2) is 8.42 Å². The number of benzene rings is 3. The monoisotopic (exact) mass is 469 g/mol. The van der Waals surface area contributed by atoms with Crippen LogP contribution in [0.3, 0.4) is 0 Å². The number of hydrogen-bond donors (Lipinski definition) is 1. The van der Waals surface area contributed by atoms with E-state index in [4.69, 9.17) is 11.6 Å². The molecule has 0 bridgehead atoms. The summed E-state index contributed by atoms with van der Waals surface area (Å²) in [5.41, 5.74) is 2.78. The highest BCUT2D eigenvalue weighted by Gasteiger charge is 2.24. The number of sulfonamides is 1. The minimum atomic E-state index is -3.74. The Hall–Kier alpha value is -3.03. The number of para-hydroxylation sites is 1. The third-order valence-electron chi connectivity index (χ3n) is 5.47. The highest BCUT2D eigenvalue weighted by atomic mass is 35.5. The first-order valence-electron chi connectivity index (χ1n) is 10.3. The van der Waals surface area contributed by atoms with Gasteiger partial charge in [-0.1, -0.05) is 47.5 Å². The van der Waals surface area contributed by atoms with Crippen LogP contribution < -0.4 is 9.62 Å². The van der Waals surface area contributed by atoms with Gasteiger partial charge in [-0.05, 0) is 49.4 Å². The molecule has 1 saturated heterocycles. The molecule has 166 valence electrons. The minimum absolute atomic E-state index is 0.157. The predicted molar refractivity (Wildman–Crippen MR) is 128 cm³/mol. The maximum absolute atomic E-state index is 13.0. The van der Waals surface area contributed by atoms with Crippen molar-refractivity contribution in [1.82, 2.24) is 4.90 Å². The number of amides is 1. The normalized spacial score (nSPS) is 14.3. The van der Waals surface area contributed by atoms with Gasteiger partial charge in [0.05, 0.1) is 21.2 Å². The lowest BCUT2D eigenvalue weighted by Crippen LogP contribution is -2.48. The highest BCUT2D eigenvalue weighted by Crippen LogP contribution is 2.25. The molecule has 4 rings (SSSR count). The smallest absolute Gasteiger partial charge is 0.261 e. The van der Waals surface area contributed by atoms with Gasteiger partial charge in [-0.15, -0.1) is 0 Å². The van der Waals surface area contributed by atoms with Gasteiger partial charge >= 0.3 is 0 Å². The van der Waals surface area contributed by atoms with Crippen LogP contribution in [0, 0.1) is 6.92 Å². The molecule has 1 N–H and O–H groups in total. The summed E-state index contributed by atoms with van der Waals surface area (Å²) < 4.78 is 27.7. The standard InChI is InChI=1S/C24H24ClN3O3S/c1-18-7-10-21(11-8-18)32(30,31)26-19-9-12-22(23(25)17-19)24(29)28-15-13-27(14-16-28)20-5-3-2-4-6-20/h2-12,17,26H,13-16H2,1H3. The van der Waals surface area contributed by atoms with E-state index in [2.05, 4.69) is 21.8 Å². The number of aryl methyl sites for hydroxylation is 1. The fourth-order valence-corrected chi connectivity index (χ4v) is 4.97. The summed E-state index contributed by atoms with van der Waals surface area (Å²) in [5.74, 6) is -0.157. The van der Waals surface area contributed by atoms with Crippen molar-refractivity contribution in [3.63, 3.8) is 0 Å². The number of anilines is 2. The number of nitrogens with zero attached hydrogens (tertiary/aromatic N) is 2. The highest BCUT2D eigenvalue weighted by molar-refractivity contribution is 7.92. The molecule has 0 unspecified atom stereocenters. The number of halogens is 1. The van der Waals surface area contributed by atoms with E-state index >= 15 is 0 Å². The lowest BCUT2D eigenvalue weighted by molar-refractivity contribution is 0.0747. The van der Waals surface area contributed by atoms with E-state index < -0.39 is 10.0 Å². The van der Waals surface area contributed by atoms with E-state index in [1.807, 2.05) is 25.1 Å². The minimum Gasteiger partial charge on any atom is -0.368 e. The summed E-state index contributed by atoms with van der Waals surface area (Å²) in [6.45, 7) is 4.54. The lowest BCUT2D eigenvalue weighted by Gasteiger charge is -2.36. The summed E-state index contributed by atoms with van der Waals surface area (Å²) in [6, 6.07) is 21.3. The molecule has 3 aromatic carbocycles. The molecular weight excluding hydrogens is 446 g/mol. The number of carbonyl (C=O) groups excluding carboxylic acids is 1. The molecule has 0 aliphatic carbocycles. The zero-order valence-electron chi connectivity index (χ0n) is 17.7. The summed E-state index contributed by atoms with van der Waals surface area (Å²) in [6.07, 6.45) is 0. The second-order valence-corrected chi connectivity index (χ2v) is 9.82. The van der Waals surface area contributed by atoms with Gasteiger partial charge in [0.25, 0.3) is 15.9 Å². The topological polar surface area (TPSA) is 69.7 Å². The Balaban J connectivity index is 1.43. The zero-order valence-corrected chi connectivity index (χ0v) is 19.2. The average Bonchev–Trinajstić information content (AvgIpc) is 2.79. The molecular formula is C24H24ClN3O3S. The van der Waals surface area contributed by atoms with Crippen molar-refractivity contribution < 1.29 is 13.2 Å². The molecule has 0 saturated carbocycles. The maximum Gasteiger partial charge on any atom is 0.261 e. The third-order valence-corrected chi connectivity index (χ3v) is 7.18. The Morgan fingerprint density at radius 2 is 1.56 bits per heavy atom. The van der Waals surface area contributed by atoms with Crippen LogP contribution >= 0.6 is 11.6 Å². The van der Waals surface area contributed by atoms with Gasteiger partial charge in [-0.2, -0.15) is 0 Å². The van der Waals surface area contributed by atoms with E-state index in [0.717, 1.165) is 24.3 Å². The summed E-state index contributed by atoms with van der Waals surface area (Å²) in [7, 11) is -3.74. The van der Waals surface area contributed by atoms with Gasteiger partial charge in [0, 0.05) is 31.9 Å². The van der Waals surface area contributed by atoms with Crippen LogP contribution in [0.4, 0.5) is 11.4 Å². The average molecular weight is 470 g/mol. The molecule has 8 heteroatoms. The Kier molecular flexibility index (Phi) is 6.39. The van der Waals surface area contributed by atoms with Crippen molar-refractivity contribution in [3.05, 3.63) is 88.9 Å². The van der Waals surface area contributed by atoms with Gasteiger partial charge in [0.15, 0.2) is 0 Å². The molecule has 1 amide bonds. The number of hydrogen-bond acceptors (Lipinski definition) is 4. The Morgan fingerprint density at radius 3 is 2.19 bits per heavy atom. The quantitative estimate of drug-likeness (QED) is 0.600. The second-order valence-electron chi connectivity index (χ2n) is 7.73. The van der Waals surface area contributed by atoms with Crippen molar-refractivity contribution in [2.24, 2.45) is 0 Å². The maximum atomic E-state index is 13.0. The van der Waals surface area contributed by atoms with Crippen molar-refractivity contribution in [1.29, 1.82) is 0 Å². The van der Waals surface area contributed by atoms with E-state index in [-0.39, 0.29) is 15.8 Å². The fraction of sp³-hybridized carbons (Fsp3) is 0.208. The third kappa shape index (κ3) is 4.89. The molecule has 1 fully saturated rings. The van der Waals surface area contributed by atoms with Crippen molar-refractivity contribution in [2.45, 2.75) is 11.8 Å². The van der Waals surface area contributed by atoms with Crippen LogP contribution in [0.2, 0.25) is 5.02 Å². The predicted octanol–water partition coefficient (Wildman–Crippen LogP) is 4.41. The summed E-state index contributed by atoms with van der Waals surface area (Å²) in [4.78, 5) is 17.2. The summed E-state index contributed by atoms with van der Waals surface area (Å²) >= 11 is 6.37. The Bertz CT molecular complexity index is 1210. The van der Waals surface area contributed by atoms with Crippen molar-refractivity contribution >= 4 is 38.9 Å². The van der Waals surface area contributed by atoms with Gasteiger partial charge in [0.1, 0.15) is 0 Å². The van der Waals surface area contributed by atoms with Crippen LogP contribution in [0.15, 0.2) is 77.7 Å². The molecule has 1 aliphatic heterocycles. The molecule has 3 aromatic rings. The first kappa shape index (κ1) is 22.2. The van der Waals surface area contributed by atoms with Crippen molar-refractivity contribution in [3.8, 4) is 0 Å². The molecule has 32 heavy (non-hydrogen) atoms.